The summed E-state index contributed by atoms with van der Waals surface area (Å²) >= 11 is 0. The smallest absolute Gasteiger partial charge is 0.251 e. The van der Waals surface area contributed by atoms with Gasteiger partial charge in [-0.05, 0) is 55.3 Å². The van der Waals surface area contributed by atoms with Crippen LogP contribution >= 0.6 is 0 Å². The molecule has 3 aromatic carbocycles. The lowest BCUT2D eigenvalue weighted by Gasteiger charge is -2.24. The summed E-state index contributed by atoms with van der Waals surface area (Å²) in [6, 6.07) is 25.6. The van der Waals surface area contributed by atoms with Crippen molar-refractivity contribution in [2.24, 2.45) is 0 Å². The molecule has 0 aliphatic carbocycles. The van der Waals surface area contributed by atoms with Gasteiger partial charge in [-0.2, -0.15) is 0 Å². The maximum atomic E-state index is 12.8. The minimum atomic E-state index is -0.0777. The van der Waals surface area contributed by atoms with Gasteiger partial charge in [-0.15, -0.1) is 0 Å². The van der Waals surface area contributed by atoms with Crippen molar-refractivity contribution in [1.82, 2.24) is 10.6 Å². The summed E-state index contributed by atoms with van der Waals surface area (Å²) in [6.07, 6.45) is 1.89. The maximum absolute atomic E-state index is 12.8. The molecule has 0 saturated carbocycles. The molecule has 0 atom stereocenters. The molecule has 0 spiro atoms. The number of rotatable bonds is 8. The molecule has 160 valence electrons. The number of ether oxygens (including phenoxy) is 2. The first-order valence-electron chi connectivity index (χ1n) is 10.8. The van der Waals surface area contributed by atoms with Crippen molar-refractivity contribution < 1.29 is 14.3 Å². The Morgan fingerprint density at radius 2 is 1.39 bits per heavy atom. The van der Waals surface area contributed by atoms with Crippen molar-refractivity contribution in [1.29, 1.82) is 0 Å². The standard InChI is InChI=1S/C26H28N2O3/c29-26(28-23-13-15-27-16-14-23)22-11-12-24(30-18-20-7-3-1-4-8-20)25(17-22)31-19-21-9-5-2-6-10-21/h1-12,17,23,27H,13-16,18-19H2,(H,28,29). The molecule has 1 fully saturated rings. The average Bonchev–Trinajstić information content (AvgIpc) is 2.83. The molecule has 1 aliphatic heterocycles. The van der Waals surface area contributed by atoms with Gasteiger partial charge in [-0.25, -0.2) is 0 Å². The molecule has 5 heteroatoms. The number of benzene rings is 3. The topological polar surface area (TPSA) is 59.6 Å². The number of amides is 1. The minimum Gasteiger partial charge on any atom is -0.485 e. The van der Waals surface area contributed by atoms with Crippen LogP contribution in [0.25, 0.3) is 0 Å². The van der Waals surface area contributed by atoms with Gasteiger partial charge < -0.3 is 20.1 Å². The van der Waals surface area contributed by atoms with E-state index < -0.39 is 0 Å². The summed E-state index contributed by atoms with van der Waals surface area (Å²) in [5.41, 5.74) is 2.71. The van der Waals surface area contributed by atoms with E-state index in [1.165, 1.54) is 0 Å². The molecule has 1 saturated heterocycles. The van der Waals surface area contributed by atoms with Crippen LogP contribution < -0.4 is 20.1 Å². The molecule has 1 aliphatic rings. The zero-order valence-corrected chi connectivity index (χ0v) is 17.6. The van der Waals surface area contributed by atoms with Crippen molar-refractivity contribution in [3.8, 4) is 11.5 Å². The number of hydrogen-bond acceptors (Lipinski definition) is 4. The monoisotopic (exact) mass is 416 g/mol. The molecule has 0 radical (unpaired) electrons. The summed E-state index contributed by atoms with van der Waals surface area (Å²) in [5, 5.41) is 6.45. The first-order chi connectivity index (χ1) is 15.3. The molecule has 4 rings (SSSR count). The first kappa shape index (κ1) is 20.9. The fourth-order valence-electron chi connectivity index (χ4n) is 3.59. The van der Waals surface area contributed by atoms with Gasteiger partial charge in [-0.1, -0.05) is 60.7 Å². The van der Waals surface area contributed by atoms with Crippen LogP contribution in [0.3, 0.4) is 0 Å². The minimum absolute atomic E-state index is 0.0777. The number of carbonyl (C=O) groups excluding carboxylic acids is 1. The Morgan fingerprint density at radius 1 is 0.806 bits per heavy atom. The summed E-state index contributed by atoms with van der Waals surface area (Å²) < 4.78 is 12.1. The molecular weight excluding hydrogens is 388 g/mol. The van der Waals surface area contributed by atoms with Gasteiger partial charge >= 0.3 is 0 Å². The largest absolute Gasteiger partial charge is 0.485 e. The van der Waals surface area contributed by atoms with Crippen LogP contribution in [0, 0.1) is 0 Å². The van der Waals surface area contributed by atoms with Gasteiger partial charge in [-0.3, -0.25) is 4.79 Å². The van der Waals surface area contributed by atoms with Crippen LogP contribution in [0.2, 0.25) is 0 Å². The molecule has 2 N–H and O–H groups in total. The van der Waals surface area contributed by atoms with Crippen molar-refractivity contribution in [2.75, 3.05) is 13.1 Å². The zero-order chi connectivity index (χ0) is 21.3. The molecule has 1 heterocycles. The Morgan fingerprint density at radius 3 is 2.00 bits per heavy atom. The molecular formula is C26H28N2O3. The molecule has 3 aromatic rings. The second-order valence-corrected chi connectivity index (χ2v) is 7.71. The van der Waals surface area contributed by atoms with Gasteiger partial charge in [0.1, 0.15) is 13.2 Å². The lowest BCUT2D eigenvalue weighted by atomic mass is 10.1. The lowest BCUT2D eigenvalue weighted by Crippen LogP contribution is -2.42. The average molecular weight is 417 g/mol. The Hall–Kier alpha value is -3.31. The molecule has 0 unspecified atom stereocenters. The van der Waals surface area contributed by atoms with Gasteiger partial charge in [0, 0.05) is 11.6 Å². The first-order valence-corrected chi connectivity index (χ1v) is 10.8. The molecule has 1 amide bonds. The van der Waals surface area contributed by atoms with Crippen molar-refractivity contribution in [2.45, 2.75) is 32.1 Å². The van der Waals surface area contributed by atoms with E-state index in [0.717, 1.165) is 37.1 Å². The van der Waals surface area contributed by atoms with Crippen molar-refractivity contribution >= 4 is 5.91 Å². The van der Waals surface area contributed by atoms with E-state index in [9.17, 15) is 4.79 Å². The van der Waals surface area contributed by atoms with E-state index >= 15 is 0 Å². The third-order valence-electron chi connectivity index (χ3n) is 5.35. The number of piperidine rings is 1. The third-order valence-corrected chi connectivity index (χ3v) is 5.35. The van der Waals surface area contributed by atoms with Crippen LogP contribution in [-0.2, 0) is 13.2 Å². The van der Waals surface area contributed by atoms with Crippen LogP contribution in [0.15, 0.2) is 78.9 Å². The molecule has 0 aromatic heterocycles. The van der Waals surface area contributed by atoms with Gasteiger partial charge in [0.05, 0.1) is 0 Å². The summed E-state index contributed by atoms with van der Waals surface area (Å²) in [7, 11) is 0. The highest BCUT2D eigenvalue weighted by molar-refractivity contribution is 5.95. The highest BCUT2D eigenvalue weighted by Crippen LogP contribution is 2.30. The van der Waals surface area contributed by atoms with Gasteiger partial charge in [0.2, 0.25) is 0 Å². The fraction of sp³-hybridized carbons (Fsp3) is 0.269. The van der Waals surface area contributed by atoms with Crippen LogP contribution in [0.5, 0.6) is 11.5 Å². The predicted molar refractivity (Wildman–Crippen MR) is 121 cm³/mol. The molecule has 31 heavy (non-hydrogen) atoms. The van der Waals surface area contributed by atoms with Crippen molar-refractivity contribution in [3.63, 3.8) is 0 Å². The van der Waals surface area contributed by atoms with E-state index in [4.69, 9.17) is 9.47 Å². The highest BCUT2D eigenvalue weighted by atomic mass is 16.5. The Bertz CT molecular complexity index is 970. The summed E-state index contributed by atoms with van der Waals surface area (Å²) in [4.78, 5) is 12.8. The van der Waals surface area contributed by atoms with Crippen LogP contribution in [0.4, 0.5) is 0 Å². The van der Waals surface area contributed by atoms with Gasteiger partial charge in [0.25, 0.3) is 5.91 Å². The maximum Gasteiger partial charge on any atom is 0.251 e. The number of hydrogen-bond donors (Lipinski definition) is 2. The fourth-order valence-corrected chi connectivity index (χ4v) is 3.59. The lowest BCUT2D eigenvalue weighted by molar-refractivity contribution is 0.0929. The van der Waals surface area contributed by atoms with E-state index in [-0.39, 0.29) is 11.9 Å². The quantitative estimate of drug-likeness (QED) is 0.574. The highest BCUT2D eigenvalue weighted by Gasteiger charge is 2.18. The molecule has 5 nitrogen and oxygen atoms in total. The van der Waals surface area contributed by atoms with Crippen LogP contribution in [0.1, 0.15) is 34.3 Å². The second kappa shape index (κ2) is 10.6. The van der Waals surface area contributed by atoms with Crippen LogP contribution in [-0.4, -0.2) is 25.0 Å². The normalized spacial score (nSPS) is 14.1. The molecule has 0 bridgehead atoms. The third kappa shape index (κ3) is 6.09. The van der Waals surface area contributed by atoms with Crippen molar-refractivity contribution in [3.05, 3.63) is 95.6 Å². The van der Waals surface area contributed by atoms with E-state index in [0.29, 0.717) is 30.3 Å². The second-order valence-electron chi connectivity index (χ2n) is 7.71. The van der Waals surface area contributed by atoms with E-state index in [1.54, 1.807) is 12.1 Å². The summed E-state index contributed by atoms with van der Waals surface area (Å²) in [6.45, 7) is 2.70. The zero-order valence-electron chi connectivity index (χ0n) is 17.6. The Labute approximate surface area is 183 Å². The van der Waals surface area contributed by atoms with E-state index in [1.807, 2.05) is 66.7 Å². The Balaban J connectivity index is 1.49. The van der Waals surface area contributed by atoms with Gasteiger partial charge in [0.15, 0.2) is 11.5 Å². The number of nitrogens with one attached hydrogen (secondary N) is 2. The SMILES string of the molecule is O=C(NC1CCNCC1)c1ccc(OCc2ccccc2)c(OCc2ccccc2)c1. The predicted octanol–water partition coefficient (Wildman–Crippen LogP) is 4.33. The Kier molecular flexibility index (Phi) is 7.19. The summed E-state index contributed by atoms with van der Waals surface area (Å²) in [5.74, 6) is 1.11. The number of carbonyl (C=O) groups is 1. The van der Waals surface area contributed by atoms with E-state index in [2.05, 4.69) is 10.6 Å².